The molecule has 0 aromatic heterocycles. The predicted octanol–water partition coefficient (Wildman–Crippen LogP) is 5.02. The molecule has 5 nitrogen and oxygen atoms in total. The summed E-state index contributed by atoms with van der Waals surface area (Å²) in [5.74, 6) is 1.29. The molecule has 2 aromatic carbocycles. The van der Waals surface area contributed by atoms with Crippen LogP contribution in [-0.4, -0.2) is 24.4 Å². The van der Waals surface area contributed by atoms with Crippen LogP contribution in [0, 0.1) is 0 Å². The van der Waals surface area contributed by atoms with Gasteiger partial charge in [-0.2, -0.15) is 0 Å². The van der Waals surface area contributed by atoms with Gasteiger partial charge in [-0.15, -0.1) is 0 Å². The lowest BCUT2D eigenvalue weighted by atomic mass is 9.93. The number of hydrogen-bond donors (Lipinski definition) is 3. The number of anilines is 1. The van der Waals surface area contributed by atoms with Crippen molar-refractivity contribution in [2.45, 2.75) is 44.4 Å². The lowest BCUT2D eigenvalue weighted by molar-refractivity contribution is 0.116. The van der Waals surface area contributed by atoms with E-state index in [2.05, 4.69) is 48.7 Å². The van der Waals surface area contributed by atoms with Gasteiger partial charge < -0.3 is 20.0 Å². The van der Waals surface area contributed by atoms with E-state index in [0.29, 0.717) is 24.1 Å². The molecule has 0 heterocycles. The van der Waals surface area contributed by atoms with Gasteiger partial charge in [0.15, 0.2) is 11.5 Å². The SMILES string of the molecule is COc1ccccc1ONc1c(Br)cc(Br)cc1CNC1CCC(O)CC1. The number of aliphatic hydroxyl groups excluding tert-OH is 1. The van der Waals surface area contributed by atoms with E-state index in [9.17, 15) is 5.11 Å². The molecule has 146 valence electrons. The topological polar surface area (TPSA) is 62.8 Å². The van der Waals surface area contributed by atoms with Gasteiger partial charge in [0.05, 0.1) is 18.9 Å². The summed E-state index contributed by atoms with van der Waals surface area (Å²) in [6.45, 7) is 0.705. The molecule has 1 aliphatic carbocycles. The summed E-state index contributed by atoms with van der Waals surface area (Å²) in [7, 11) is 1.62. The third kappa shape index (κ3) is 5.60. The maximum atomic E-state index is 9.67. The van der Waals surface area contributed by atoms with Crippen LogP contribution in [0.25, 0.3) is 0 Å². The first-order chi connectivity index (χ1) is 13.1. The lowest BCUT2D eigenvalue weighted by Crippen LogP contribution is -2.34. The number of methoxy groups -OCH3 is 1. The first kappa shape index (κ1) is 20.5. The van der Waals surface area contributed by atoms with Crippen molar-refractivity contribution in [3.05, 3.63) is 50.9 Å². The zero-order valence-corrected chi connectivity index (χ0v) is 18.3. The molecule has 0 bridgehead atoms. The molecular formula is C20H24Br2N2O3. The van der Waals surface area contributed by atoms with E-state index in [1.54, 1.807) is 7.11 Å². The fraction of sp³-hybridized carbons (Fsp3) is 0.400. The Bertz CT molecular complexity index is 765. The zero-order chi connectivity index (χ0) is 19.2. The normalized spacial score (nSPS) is 19.6. The van der Waals surface area contributed by atoms with E-state index in [0.717, 1.165) is 45.9 Å². The molecule has 0 unspecified atom stereocenters. The number of rotatable bonds is 7. The highest BCUT2D eigenvalue weighted by Gasteiger charge is 2.19. The van der Waals surface area contributed by atoms with Crippen LogP contribution in [0.2, 0.25) is 0 Å². The molecule has 1 aliphatic rings. The van der Waals surface area contributed by atoms with Gasteiger partial charge in [-0.25, -0.2) is 5.48 Å². The maximum Gasteiger partial charge on any atom is 0.196 e. The van der Waals surface area contributed by atoms with Crippen LogP contribution in [0.3, 0.4) is 0 Å². The summed E-state index contributed by atoms with van der Waals surface area (Å²) >= 11 is 7.18. The Kier molecular flexibility index (Phi) is 7.41. The first-order valence-corrected chi connectivity index (χ1v) is 10.6. The third-order valence-corrected chi connectivity index (χ3v) is 5.83. The minimum absolute atomic E-state index is 0.144. The summed E-state index contributed by atoms with van der Waals surface area (Å²) in [5.41, 5.74) is 5.02. The van der Waals surface area contributed by atoms with Gasteiger partial charge in [0.2, 0.25) is 0 Å². The summed E-state index contributed by atoms with van der Waals surface area (Å²) < 4.78 is 7.23. The van der Waals surface area contributed by atoms with Crippen molar-refractivity contribution in [1.82, 2.24) is 5.32 Å². The van der Waals surface area contributed by atoms with Crippen molar-refractivity contribution in [3.8, 4) is 11.5 Å². The lowest BCUT2D eigenvalue weighted by Gasteiger charge is -2.27. The Morgan fingerprint density at radius 1 is 1.07 bits per heavy atom. The summed E-state index contributed by atoms with van der Waals surface area (Å²) in [6.07, 6.45) is 3.58. The summed E-state index contributed by atoms with van der Waals surface area (Å²) in [4.78, 5) is 5.80. The second-order valence-electron chi connectivity index (χ2n) is 6.66. The number of nitrogens with one attached hydrogen (secondary N) is 2. The Balaban J connectivity index is 1.70. The highest BCUT2D eigenvalue weighted by atomic mass is 79.9. The Morgan fingerprint density at radius 3 is 2.48 bits per heavy atom. The Morgan fingerprint density at radius 2 is 1.78 bits per heavy atom. The van der Waals surface area contributed by atoms with E-state index in [-0.39, 0.29) is 6.10 Å². The third-order valence-electron chi connectivity index (χ3n) is 4.75. The molecule has 7 heteroatoms. The van der Waals surface area contributed by atoms with Crippen LogP contribution in [-0.2, 0) is 6.54 Å². The van der Waals surface area contributed by atoms with Crippen LogP contribution in [0.5, 0.6) is 11.5 Å². The molecule has 2 aromatic rings. The second kappa shape index (κ2) is 9.78. The number of hydrogen-bond acceptors (Lipinski definition) is 5. The van der Waals surface area contributed by atoms with Crippen LogP contribution >= 0.6 is 31.9 Å². The Labute approximate surface area is 176 Å². The van der Waals surface area contributed by atoms with Gasteiger partial charge >= 0.3 is 0 Å². The second-order valence-corrected chi connectivity index (χ2v) is 8.43. The predicted molar refractivity (Wildman–Crippen MR) is 114 cm³/mol. The van der Waals surface area contributed by atoms with Crippen LogP contribution in [0.4, 0.5) is 5.69 Å². The van der Waals surface area contributed by atoms with Crippen molar-refractivity contribution < 1.29 is 14.7 Å². The molecule has 0 aliphatic heterocycles. The largest absolute Gasteiger partial charge is 0.493 e. The molecule has 0 amide bonds. The molecule has 3 N–H and O–H groups in total. The Hall–Kier alpha value is -1.28. The van der Waals surface area contributed by atoms with Crippen molar-refractivity contribution in [1.29, 1.82) is 0 Å². The van der Waals surface area contributed by atoms with E-state index in [4.69, 9.17) is 9.57 Å². The monoisotopic (exact) mass is 498 g/mol. The molecule has 0 radical (unpaired) electrons. The summed E-state index contributed by atoms with van der Waals surface area (Å²) in [5, 5.41) is 13.3. The maximum absolute atomic E-state index is 9.67. The first-order valence-electron chi connectivity index (χ1n) is 9.02. The van der Waals surface area contributed by atoms with Gasteiger partial charge in [0, 0.05) is 21.5 Å². The van der Waals surface area contributed by atoms with Crippen molar-refractivity contribution in [3.63, 3.8) is 0 Å². The minimum atomic E-state index is -0.144. The average molecular weight is 500 g/mol. The molecule has 1 fully saturated rings. The van der Waals surface area contributed by atoms with E-state index >= 15 is 0 Å². The fourth-order valence-corrected chi connectivity index (χ4v) is 4.62. The highest BCUT2D eigenvalue weighted by molar-refractivity contribution is 9.11. The zero-order valence-electron chi connectivity index (χ0n) is 15.2. The van der Waals surface area contributed by atoms with Gasteiger partial charge in [0.25, 0.3) is 0 Å². The average Bonchev–Trinajstić information content (AvgIpc) is 2.67. The highest BCUT2D eigenvalue weighted by Crippen LogP contribution is 2.33. The van der Waals surface area contributed by atoms with Crippen molar-refractivity contribution in [2.75, 3.05) is 12.6 Å². The smallest absolute Gasteiger partial charge is 0.196 e. The summed E-state index contributed by atoms with van der Waals surface area (Å²) in [6, 6.07) is 12.0. The number of aliphatic hydroxyl groups is 1. The van der Waals surface area contributed by atoms with E-state index in [1.807, 2.05) is 30.3 Å². The molecule has 27 heavy (non-hydrogen) atoms. The molecule has 1 saturated carbocycles. The van der Waals surface area contributed by atoms with Crippen LogP contribution < -0.4 is 20.4 Å². The molecular weight excluding hydrogens is 476 g/mol. The quantitative estimate of drug-likeness (QED) is 0.467. The van der Waals surface area contributed by atoms with Crippen molar-refractivity contribution in [2.24, 2.45) is 0 Å². The number of ether oxygens (including phenoxy) is 1. The molecule has 0 atom stereocenters. The number of halogens is 2. The fourth-order valence-electron chi connectivity index (χ4n) is 3.22. The molecule has 0 saturated heterocycles. The number of para-hydroxylation sites is 2. The number of benzene rings is 2. The van der Waals surface area contributed by atoms with E-state index < -0.39 is 0 Å². The van der Waals surface area contributed by atoms with Gasteiger partial charge in [-0.05, 0) is 71.4 Å². The standard InChI is InChI=1S/C20H24Br2N2O3/c1-26-18-4-2-3-5-19(18)27-24-20-13(10-14(21)11-17(20)22)12-23-15-6-8-16(25)9-7-15/h2-5,10-11,15-16,23-25H,6-9,12H2,1H3. The van der Waals surface area contributed by atoms with Crippen LogP contribution in [0.1, 0.15) is 31.2 Å². The minimum Gasteiger partial charge on any atom is -0.493 e. The van der Waals surface area contributed by atoms with Crippen LogP contribution in [0.15, 0.2) is 45.3 Å². The van der Waals surface area contributed by atoms with Gasteiger partial charge in [-0.1, -0.05) is 28.1 Å². The van der Waals surface area contributed by atoms with Crippen molar-refractivity contribution >= 4 is 37.5 Å². The van der Waals surface area contributed by atoms with Gasteiger partial charge in [0.1, 0.15) is 0 Å². The molecule has 3 rings (SSSR count). The molecule has 0 spiro atoms. The van der Waals surface area contributed by atoms with Gasteiger partial charge in [-0.3, -0.25) is 0 Å². The van der Waals surface area contributed by atoms with E-state index in [1.165, 1.54) is 0 Å².